The average Bonchev–Trinajstić information content (AvgIpc) is 2.26. The van der Waals surface area contributed by atoms with Crippen LogP contribution in [0, 0.1) is 0 Å². The minimum atomic E-state index is -0.542. The van der Waals surface area contributed by atoms with E-state index in [0.29, 0.717) is 0 Å². The average molecular weight is 235 g/mol. The van der Waals surface area contributed by atoms with Crippen LogP contribution in [0.15, 0.2) is 0 Å². The second-order valence-electron chi connectivity index (χ2n) is 3.68. The number of hydrogen-bond donors (Lipinski definition) is 1. The van der Waals surface area contributed by atoms with E-state index in [1.54, 1.807) is 20.8 Å². The summed E-state index contributed by atoms with van der Waals surface area (Å²) in [5, 5.41) is 0. The first kappa shape index (κ1) is 11.3. The number of esters is 1. The van der Waals surface area contributed by atoms with Crippen molar-refractivity contribution in [1.82, 2.24) is 4.98 Å². The summed E-state index contributed by atoms with van der Waals surface area (Å²) in [6.45, 7) is 5.34. The van der Waals surface area contributed by atoms with Gasteiger partial charge in [0, 0.05) is 0 Å². The van der Waals surface area contributed by atoms with Crippen LogP contribution in [-0.2, 0) is 4.74 Å². The van der Waals surface area contributed by atoms with Gasteiger partial charge in [-0.2, -0.15) is 0 Å². The van der Waals surface area contributed by atoms with Crippen LogP contribution in [0.2, 0.25) is 4.47 Å². The van der Waals surface area contributed by atoms with Crippen molar-refractivity contribution < 1.29 is 9.53 Å². The molecule has 0 radical (unpaired) electrons. The van der Waals surface area contributed by atoms with Gasteiger partial charge in [-0.3, -0.25) is 0 Å². The van der Waals surface area contributed by atoms with E-state index >= 15 is 0 Å². The largest absolute Gasteiger partial charge is 0.456 e. The molecule has 0 aliphatic heterocycles. The van der Waals surface area contributed by atoms with E-state index in [9.17, 15) is 4.79 Å². The number of ether oxygens (including phenoxy) is 1. The first-order valence-electron chi connectivity index (χ1n) is 3.95. The molecule has 0 bridgehead atoms. The third kappa shape index (κ3) is 2.85. The van der Waals surface area contributed by atoms with Crippen molar-refractivity contribution in [3.63, 3.8) is 0 Å². The van der Waals surface area contributed by atoms with Crippen LogP contribution in [0.4, 0.5) is 5.82 Å². The molecule has 14 heavy (non-hydrogen) atoms. The Balaban J connectivity index is 2.85. The molecule has 0 aliphatic rings. The lowest BCUT2D eigenvalue weighted by Gasteiger charge is -2.18. The van der Waals surface area contributed by atoms with E-state index in [2.05, 4.69) is 4.98 Å². The molecule has 0 atom stereocenters. The minimum Gasteiger partial charge on any atom is -0.456 e. The molecule has 2 N–H and O–H groups in total. The lowest BCUT2D eigenvalue weighted by Crippen LogP contribution is -2.23. The zero-order valence-electron chi connectivity index (χ0n) is 8.13. The summed E-state index contributed by atoms with van der Waals surface area (Å²) in [4.78, 5) is 15.5. The topological polar surface area (TPSA) is 65.2 Å². The molecular formula is C8H11ClN2O2S. The van der Waals surface area contributed by atoms with Crippen LogP contribution >= 0.6 is 22.9 Å². The van der Waals surface area contributed by atoms with E-state index in [1.165, 1.54) is 0 Å². The van der Waals surface area contributed by atoms with Gasteiger partial charge in [-0.1, -0.05) is 22.9 Å². The molecule has 1 rings (SSSR count). The van der Waals surface area contributed by atoms with E-state index in [0.717, 1.165) is 11.3 Å². The molecule has 6 heteroatoms. The van der Waals surface area contributed by atoms with E-state index in [4.69, 9.17) is 22.1 Å². The summed E-state index contributed by atoms with van der Waals surface area (Å²) in [7, 11) is 0. The third-order valence-electron chi connectivity index (χ3n) is 1.21. The predicted molar refractivity (Wildman–Crippen MR) is 56.7 cm³/mol. The number of nitrogen functional groups attached to an aromatic ring is 1. The fourth-order valence-electron chi connectivity index (χ4n) is 0.775. The fraction of sp³-hybridized carbons (Fsp3) is 0.500. The molecule has 78 valence electrons. The molecule has 4 nitrogen and oxygen atoms in total. The minimum absolute atomic E-state index is 0.120. The zero-order valence-corrected chi connectivity index (χ0v) is 9.70. The van der Waals surface area contributed by atoms with E-state index in [1.807, 2.05) is 0 Å². The smallest absolute Gasteiger partial charge is 0.352 e. The Labute approximate surface area is 91.0 Å². The summed E-state index contributed by atoms with van der Waals surface area (Å²) in [6, 6.07) is 0. The van der Waals surface area contributed by atoms with Gasteiger partial charge in [0.2, 0.25) is 0 Å². The highest BCUT2D eigenvalue weighted by Crippen LogP contribution is 2.26. The number of hydrogen-bond acceptors (Lipinski definition) is 5. The van der Waals surface area contributed by atoms with Crippen LogP contribution in [0.3, 0.4) is 0 Å². The van der Waals surface area contributed by atoms with Crippen LogP contribution in [-0.4, -0.2) is 16.6 Å². The highest BCUT2D eigenvalue weighted by molar-refractivity contribution is 7.18. The van der Waals surface area contributed by atoms with Crippen LogP contribution in [0.5, 0.6) is 0 Å². The lowest BCUT2D eigenvalue weighted by atomic mass is 10.2. The fourth-order valence-corrected chi connectivity index (χ4v) is 1.69. The number of aromatic nitrogens is 1. The van der Waals surface area contributed by atoms with Gasteiger partial charge >= 0.3 is 5.97 Å². The van der Waals surface area contributed by atoms with Gasteiger partial charge in [0.05, 0.1) is 0 Å². The maximum Gasteiger partial charge on any atom is 0.352 e. The Bertz CT molecular complexity index is 357. The Morgan fingerprint density at radius 1 is 1.57 bits per heavy atom. The molecule has 0 saturated carbocycles. The number of carbonyl (C=O) groups excluding carboxylic acids is 1. The summed E-state index contributed by atoms with van der Waals surface area (Å²) in [6.07, 6.45) is 0. The Kier molecular flexibility index (Phi) is 3.01. The van der Waals surface area contributed by atoms with Crippen molar-refractivity contribution in [1.29, 1.82) is 0 Å². The van der Waals surface area contributed by atoms with E-state index < -0.39 is 11.6 Å². The van der Waals surface area contributed by atoms with Gasteiger partial charge in [-0.05, 0) is 20.8 Å². The third-order valence-corrected chi connectivity index (χ3v) is 2.37. The van der Waals surface area contributed by atoms with Crippen molar-refractivity contribution in [2.75, 3.05) is 5.73 Å². The van der Waals surface area contributed by atoms with Crippen LogP contribution in [0.25, 0.3) is 0 Å². The Morgan fingerprint density at radius 2 is 2.14 bits per heavy atom. The number of nitrogens with zero attached hydrogens (tertiary/aromatic N) is 1. The maximum atomic E-state index is 11.5. The molecule has 1 heterocycles. The zero-order chi connectivity index (χ0) is 10.9. The molecule has 0 fully saturated rings. The Hall–Kier alpha value is -0.810. The molecule has 1 aromatic heterocycles. The molecular weight excluding hydrogens is 224 g/mol. The summed E-state index contributed by atoms with van der Waals surface area (Å²) in [5.41, 5.74) is 4.93. The SMILES string of the molecule is CC(C)(C)OC(=O)c1sc(Cl)nc1N. The van der Waals surface area contributed by atoms with Crippen molar-refractivity contribution in [2.45, 2.75) is 26.4 Å². The molecule has 0 aromatic carbocycles. The summed E-state index contributed by atoms with van der Waals surface area (Å²) < 4.78 is 5.35. The van der Waals surface area contributed by atoms with E-state index in [-0.39, 0.29) is 15.2 Å². The van der Waals surface area contributed by atoms with Gasteiger partial charge in [-0.15, -0.1) is 0 Å². The molecule has 0 unspecified atom stereocenters. The second kappa shape index (κ2) is 3.74. The monoisotopic (exact) mass is 234 g/mol. The molecule has 0 saturated heterocycles. The van der Waals surface area contributed by atoms with Gasteiger partial charge in [-0.25, -0.2) is 9.78 Å². The van der Waals surface area contributed by atoms with Crippen LogP contribution < -0.4 is 5.73 Å². The number of rotatable bonds is 1. The number of halogens is 1. The van der Waals surface area contributed by atoms with Crippen molar-refractivity contribution in [3.8, 4) is 0 Å². The quantitative estimate of drug-likeness (QED) is 0.758. The summed E-state index contributed by atoms with van der Waals surface area (Å²) >= 11 is 6.62. The standard InChI is InChI=1S/C8H11ClN2O2S/c1-8(2,3)13-6(12)4-5(10)11-7(9)14-4/h10H2,1-3H3. The number of thiazole rings is 1. The van der Waals surface area contributed by atoms with Crippen molar-refractivity contribution in [2.24, 2.45) is 0 Å². The normalized spacial score (nSPS) is 11.4. The predicted octanol–water partition coefficient (Wildman–Crippen LogP) is 2.33. The highest BCUT2D eigenvalue weighted by atomic mass is 35.5. The number of nitrogens with two attached hydrogens (primary N) is 1. The van der Waals surface area contributed by atoms with Crippen molar-refractivity contribution >= 4 is 34.7 Å². The molecule has 1 aromatic rings. The van der Waals surface area contributed by atoms with Gasteiger partial charge in [0.1, 0.15) is 5.60 Å². The first-order chi connectivity index (χ1) is 6.29. The van der Waals surface area contributed by atoms with Crippen molar-refractivity contribution in [3.05, 3.63) is 9.34 Å². The molecule has 0 aliphatic carbocycles. The maximum absolute atomic E-state index is 11.5. The van der Waals surface area contributed by atoms with Gasteiger partial charge in [0.15, 0.2) is 15.2 Å². The van der Waals surface area contributed by atoms with Gasteiger partial charge in [0.25, 0.3) is 0 Å². The number of anilines is 1. The lowest BCUT2D eigenvalue weighted by molar-refractivity contribution is 0.00762. The first-order valence-corrected chi connectivity index (χ1v) is 5.14. The highest BCUT2D eigenvalue weighted by Gasteiger charge is 2.22. The second-order valence-corrected chi connectivity index (χ2v) is 5.26. The number of carbonyl (C=O) groups is 1. The van der Waals surface area contributed by atoms with Crippen LogP contribution in [0.1, 0.15) is 30.4 Å². The van der Waals surface area contributed by atoms with Gasteiger partial charge < -0.3 is 10.5 Å². The summed E-state index contributed by atoms with van der Waals surface area (Å²) in [5.74, 6) is -0.367. The Morgan fingerprint density at radius 3 is 2.50 bits per heavy atom. The molecule has 0 amide bonds. The molecule has 0 spiro atoms.